The number of rotatable bonds is 1. The predicted octanol–water partition coefficient (Wildman–Crippen LogP) is 1.50. The normalized spacial score (nSPS) is 16.9. The highest BCUT2D eigenvalue weighted by Gasteiger charge is 2.32. The van der Waals surface area contributed by atoms with Crippen molar-refractivity contribution in [2.75, 3.05) is 4.72 Å². The number of nitro groups is 1. The number of fused-ring (bicyclic) bond motifs is 1. The second kappa shape index (κ2) is 3.07. The molecule has 80 valence electrons. The minimum Gasteiger partial charge on any atom is -0.276 e. The molecule has 0 aromatic heterocycles. The molecule has 0 atom stereocenters. The van der Waals surface area contributed by atoms with Crippen LogP contribution in [0.1, 0.15) is 5.56 Å². The lowest BCUT2D eigenvalue weighted by Gasteiger charge is -2.00. The molecule has 0 radical (unpaired) electrons. The summed E-state index contributed by atoms with van der Waals surface area (Å²) in [5, 5.41) is 10.8. The second-order valence-corrected chi connectivity index (χ2v) is 5.17. The van der Waals surface area contributed by atoms with Crippen LogP contribution in [0.3, 0.4) is 0 Å². The van der Waals surface area contributed by atoms with E-state index < -0.39 is 14.9 Å². The van der Waals surface area contributed by atoms with Crippen molar-refractivity contribution < 1.29 is 13.3 Å². The van der Waals surface area contributed by atoms with Crippen molar-refractivity contribution in [3.63, 3.8) is 0 Å². The summed E-state index contributed by atoms with van der Waals surface area (Å²) in [6.07, 6.45) is 0. The molecule has 8 heteroatoms. The molecule has 1 N–H and O–H groups in total. The zero-order valence-corrected chi connectivity index (χ0v) is 8.80. The highest BCUT2D eigenvalue weighted by atomic mass is 35.5. The summed E-state index contributed by atoms with van der Waals surface area (Å²) in [5.74, 6) is -0.317. The number of hydrogen-bond acceptors (Lipinski definition) is 4. The smallest absolute Gasteiger partial charge is 0.276 e. The first kappa shape index (κ1) is 10.2. The summed E-state index contributed by atoms with van der Waals surface area (Å²) >= 11 is 5.75. The van der Waals surface area contributed by atoms with Gasteiger partial charge in [0.05, 0.1) is 10.7 Å². The fraction of sp³-hybridized carbons (Fsp3) is 0.143. The molecule has 2 rings (SSSR count). The topological polar surface area (TPSA) is 89.3 Å². The van der Waals surface area contributed by atoms with E-state index in [2.05, 4.69) is 4.72 Å². The van der Waals surface area contributed by atoms with Gasteiger partial charge in [-0.25, -0.2) is 8.42 Å². The van der Waals surface area contributed by atoms with Gasteiger partial charge < -0.3 is 0 Å². The van der Waals surface area contributed by atoms with Crippen LogP contribution in [0, 0.1) is 10.1 Å². The van der Waals surface area contributed by atoms with Gasteiger partial charge in [-0.1, -0.05) is 11.6 Å². The lowest BCUT2D eigenvalue weighted by Crippen LogP contribution is -2.06. The summed E-state index contributed by atoms with van der Waals surface area (Å²) in [4.78, 5) is 9.96. The Bertz CT molecular complexity index is 554. The summed E-state index contributed by atoms with van der Waals surface area (Å²) in [6.45, 7) is 0. The largest absolute Gasteiger partial charge is 0.293 e. The predicted molar refractivity (Wildman–Crippen MR) is 54.4 cm³/mol. The third-order valence-corrected chi connectivity index (χ3v) is 3.56. The number of nitro benzene ring substituents is 1. The van der Waals surface area contributed by atoms with E-state index in [0.717, 1.165) is 0 Å². The first-order chi connectivity index (χ1) is 6.91. The maximum Gasteiger partial charge on any atom is 0.293 e. The van der Waals surface area contributed by atoms with Gasteiger partial charge in [0.25, 0.3) is 5.69 Å². The van der Waals surface area contributed by atoms with Crippen LogP contribution in [0.25, 0.3) is 0 Å². The molecule has 0 fully saturated rings. The fourth-order valence-electron chi connectivity index (χ4n) is 1.40. The van der Waals surface area contributed by atoms with E-state index in [1.165, 1.54) is 12.1 Å². The lowest BCUT2D eigenvalue weighted by molar-refractivity contribution is -0.383. The molecular weight excluding hydrogens is 244 g/mol. The molecule has 6 nitrogen and oxygen atoms in total. The number of hydrogen-bond donors (Lipinski definition) is 1. The molecule has 1 aliphatic heterocycles. The molecule has 0 spiro atoms. The van der Waals surface area contributed by atoms with Gasteiger partial charge in [-0.3, -0.25) is 14.8 Å². The SMILES string of the molecule is O=[N+]([O-])c1ccc(Cl)c2c1NS(=O)(=O)C2. The number of anilines is 1. The van der Waals surface area contributed by atoms with Crippen molar-refractivity contribution in [1.82, 2.24) is 0 Å². The summed E-state index contributed by atoms with van der Waals surface area (Å²) in [6, 6.07) is 2.50. The van der Waals surface area contributed by atoms with Gasteiger partial charge in [0.2, 0.25) is 10.0 Å². The summed E-state index contributed by atoms with van der Waals surface area (Å²) in [5.41, 5.74) is -0.0474. The number of benzene rings is 1. The van der Waals surface area contributed by atoms with Crippen molar-refractivity contribution in [2.24, 2.45) is 0 Å². The number of nitrogens with one attached hydrogen (secondary N) is 1. The third kappa shape index (κ3) is 1.64. The Kier molecular flexibility index (Phi) is 2.09. The molecule has 1 aliphatic rings. The van der Waals surface area contributed by atoms with Gasteiger partial charge in [0, 0.05) is 16.7 Å². The summed E-state index contributed by atoms with van der Waals surface area (Å²) in [7, 11) is -3.52. The van der Waals surface area contributed by atoms with E-state index in [-0.39, 0.29) is 27.7 Å². The van der Waals surface area contributed by atoms with Crippen molar-refractivity contribution in [1.29, 1.82) is 0 Å². The van der Waals surface area contributed by atoms with Crippen LogP contribution >= 0.6 is 11.6 Å². The maximum absolute atomic E-state index is 11.2. The standard InChI is InChI=1S/C7H5ClN2O4S/c8-5-1-2-6(10(11)12)7-4(5)3-15(13,14)9-7/h1-2,9H,3H2. The van der Waals surface area contributed by atoms with Crippen molar-refractivity contribution >= 4 is 33.0 Å². The first-order valence-electron chi connectivity index (χ1n) is 3.87. The third-order valence-electron chi connectivity index (χ3n) is 2.02. The molecule has 1 aromatic carbocycles. The van der Waals surface area contributed by atoms with Gasteiger partial charge >= 0.3 is 0 Å². The Morgan fingerprint density at radius 2 is 2.13 bits per heavy atom. The van der Waals surface area contributed by atoms with Gasteiger partial charge in [0.15, 0.2) is 0 Å². The van der Waals surface area contributed by atoms with Crippen LogP contribution < -0.4 is 4.72 Å². The fourth-order valence-corrected chi connectivity index (χ4v) is 2.99. The molecule has 15 heavy (non-hydrogen) atoms. The highest BCUT2D eigenvalue weighted by Crippen LogP contribution is 2.39. The van der Waals surface area contributed by atoms with Crippen LogP contribution in [0.2, 0.25) is 5.02 Å². The van der Waals surface area contributed by atoms with Crippen LogP contribution in [0.5, 0.6) is 0 Å². The Morgan fingerprint density at radius 3 is 2.73 bits per heavy atom. The van der Waals surface area contributed by atoms with E-state index in [0.29, 0.717) is 0 Å². The Balaban J connectivity index is 2.70. The average molecular weight is 249 g/mol. The van der Waals surface area contributed by atoms with Crippen molar-refractivity contribution in [2.45, 2.75) is 5.75 Å². The number of sulfonamides is 1. The van der Waals surface area contributed by atoms with E-state index in [1.807, 2.05) is 0 Å². The van der Waals surface area contributed by atoms with Crippen LogP contribution in [-0.2, 0) is 15.8 Å². The Labute approximate surface area is 90.1 Å². The van der Waals surface area contributed by atoms with E-state index >= 15 is 0 Å². The zero-order valence-electron chi connectivity index (χ0n) is 7.23. The molecular formula is C7H5ClN2O4S. The van der Waals surface area contributed by atoms with Crippen LogP contribution in [-0.4, -0.2) is 13.3 Å². The molecule has 0 aliphatic carbocycles. The van der Waals surface area contributed by atoms with Crippen molar-refractivity contribution in [3.05, 3.63) is 32.8 Å². The minimum atomic E-state index is -3.52. The quantitative estimate of drug-likeness (QED) is 0.602. The lowest BCUT2D eigenvalue weighted by atomic mass is 10.2. The molecule has 0 unspecified atom stereocenters. The number of nitrogens with zero attached hydrogens (tertiary/aromatic N) is 1. The molecule has 0 saturated heterocycles. The molecule has 0 amide bonds. The minimum absolute atomic E-state index is 0.0208. The molecule has 0 saturated carbocycles. The molecule has 1 aromatic rings. The Hall–Kier alpha value is -1.34. The monoisotopic (exact) mass is 248 g/mol. The van der Waals surface area contributed by atoms with Crippen LogP contribution in [0.4, 0.5) is 11.4 Å². The van der Waals surface area contributed by atoms with Gasteiger partial charge in [-0.05, 0) is 6.07 Å². The first-order valence-corrected chi connectivity index (χ1v) is 5.90. The summed E-state index contributed by atoms with van der Waals surface area (Å²) < 4.78 is 24.6. The van der Waals surface area contributed by atoms with Gasteiger partial charge in [-0.2, -0.15) is 0 Å². The maximum atomic E-state index is 11.2. The van der Waals surface area contributed by atoms with Crippen molar-refractivity contribution in [3.8, 4) is 0 Å². The number of halogens is 1. The zero-order chi connectivity index (χ0) is 11.2. The second-order valence-electron chi connectivity index (χ2n) is 3.04. The molecule has 1 heterocycles. The van der Waals surface area contributed by atoms with E-state index in [4.69, 9.17) is 11.6 Å². The highest BCUT2D eigenvalue weighted by molar-refractivity contribution is 7.92. The van der Waals surface area contributed by atoms with E-state index in [1.54, 1.807) is 0 Å². The van der Waals surface area contributed by atoms with Gasteiger partial charge in [-0.15, -0.1) is 0 Å². The molecule has 0 bridgehead atoms. The Morgan fingerprint density at radius 1 is 1.47 bits per heavy atom. The van der Waals surface area contributed by atoms with E-state index in [9.17, 15) is 18.5 Å². The van der Waals surface area contributed by atoms with Crippen LogP contribution in [0.15, 0.2) is 12.1 Å². The average Bonchev–Trinajstić information content (AvgIpc) is 2.41. The van der Waals surface area contributed by atoms with Gasteiger partial charge in [0.1, 0.15) is 5.69 Å².